The van der Waals surface area contributed by atoms with Crippen LogP contribution in [0, 0.1) is 6.92 Å². The Morgan fingerprint density at radius 3 is 2.95 bits per heavy atom. The maximum Gasteiger partial charge on any atom is 0.410 e. The van der Waals surface area contributed by atoms with E-state index in [0.717, 1.165) is 13.0 Å². The molecular weight excluding hydrogens is 252 g/mol. The summed E-state index contributed by atoms with van der Waals surface area (Å²) in [5.74, 6) is 0. The second kappa shape index (κ2) is 4.85. The molecule has 20 heavy (non-hydrogen) atoms. The van der Waals surface area contributed by atoms with E-state index in [1.165, 1.54) is 27.7 Å². The summed E-state index contributed by atoms with van der Waals surface area (Å²) in [7, 11) is 2.11. The van der Waals surface area contributed by atoms with Crippen LogP contribution in [0.3, 0.4) is 0 Å². The van der Waals surface area contributed by atoms with Crippen molar-refractivity contribution in [2.75, 3.05) is 13.2 Å². The van der Waals surface area contributed by atoms with Crippen molar-refractivity contribution in [3.8, 4) is 0 Å². The second-order valence-electron chi connectivity index (χ2n) is 5.38. The highest BCUT2D eigenvalue weighted by Crippen LogP contribution is 2.30. The van der Waals surface area contributed by atoms with Gasteiger partial charge < -0.3 is 14.2 Å². The predicted molar refractivity (Wildman–Crippen MR) is 78.8 cm³/mol. The molecule has 0 saturated heterocycles. The van der Waals surface area contributed by atoms with Crippen LogP contribution in [0.15, 0.2) is 18.2 Å². The molecule has 0 aliphatic carbocycles. The van der Waals surface area contributed by atoms with Gasteiger partial charge in [-0.25, -0.2) is 4.79 Å². The van der Waals surface area contributed by atoms with E-state index < -0.39 is 0 Å². The lowest BCUT2D eigenvalue weighted by Crippen LogP contribution is -2.36. The number of aromatic nitrogens is 1. The van der Waals surface area contributed by atoms with Crippen molar-refractivity contribution < 1.29 is 9.53 Å². The molecule has 0 saturated carbocycles. The van der Waals surface area contributed by atoms with Crippen molar-refractivity contribution in [1.29, 1.82) is 0 Å². The van der Waals surface area contributed by atoms with Crippen LogP contribution in [0.25, 0.3) is 10.9 Å². The van der Waals surface area contributed by atoms with Gasteiger partial charge in [0.25, 0.3) is 0 Å². The third-order valence-corrected chi connectivity index (χ3v) is 4.09. The monoisotopic (exact) mass is 272 g/mol. The maximum absolute atomic E-state index is 11.9. The first kappa shape index (κ1) is 13.0. The van der Waals surface area contributed by atoms with Gasteiger partial charge in [-0.2, -0.15) is 0 Å². The number of ether oxygens (including phenoxy) is 1. The molecule has 1 aromatic heterocycles. The van der Waals surface area contributed by atoms with Crippen molar-refractivity contribution in [3.05, 3.63) is 35.0 Å². The number of nitrogens with zero attached hydrogens (tertiary/aromatic N) is 2. The Bertz CT molecular complexity index is 673. The van der Waals surface area contributed by atoms with E-state index in [-0.39, 0.29) is 6.09 Å². The van der Waals surface area contributed by atoms with E-state index in [0.29, 0.717) is 13.2 Å². The third kappa shape index (κ3) is 1.96. The van der Waals surface area contributed by atoms with E-state index in [4.69, 9.17) is 4.74 Å². The fourth-order valence-corrected chi connectivity index (χ4v) is 3.06. The molecule has 0 radical (unpaired) electrons. The highest BCUT2D eigenvalue weighted by molar-refractivity contribution is 5.87. The first-order chi connectivity index (χ1) is 9.61. The van der Waals surface area contributed by atoms with Gasteiger partial charge in [0.15, 0.2) is 0 Å². The molecule has 4 nitrogen and oxygen atoms in total. The minimum atomic E-state index is -0.206. The van der Waals surface area contributed by atoms with E-state index in [1.54, 1.807) is 4.90 Å². The lowest BCUT2D eigenvalue weighted by molar-refractivity contribution is 0.102. The molecular formula is C16H20N2O2. The van der Waals surface area contributed by atoms with Gasteiger partial charge in [-0.1, -0.05) is 11.6 Å². The zero-order valence-corrected chi connectivity index (χ0v) is 12.3. The molecule has 2 heterocycles. The average Bonchev–Trinajstić information content (AvgIpc) is 2.72. The minimum absolute atomic E-state index is 0.206. The molecule has 4 heteroatoms. The van der Waals surface area contributed by atoms with Crippen molar-refractivity contribution >= 4 is 17.0 Å². The standard InChI is InChI=1S/C16H20N2O2/c1-4-20-16(19)18-8-7-15-13(10-18)12-9-11(2)5-6-14(12)17(15)3/h5-6,9H,4,7-8,10H2,1-3H3. The van der Waals surface area contributed by atoms with Crippen molar-refractivity contribution in [2.45, 2.75) is 26.8 Å². The summed E-state index contributed by atoms with van der Waals surface area (Å²) in [5, 5.41) is 1.26. The number of rotatable bonds is 1. The Morgan fingerprint density at radius 2 is 2.20 bits per heavy atom. The molecule has 0 fully saturated rings. The topological polar surface area (TPSA) is 34.5 Å². The van der Waals surface area contributed by atoms with Gasteiger partial charge in [0.2, 0.25) is 0 Å². The van der Waals surface area contributed by atoms with Crippen molar-refractivity contribution in [1.82, 2.24) is 9.47 Å². The molecule has 0 unspecified atom stereocenters. The molecule has 2 aromatic rings. The largest absolute Gasteiger partial charge is 0.450 e. The summed E-state index contributed by atoms with van der Waals surface area (Å²) in [6.07, 6.45) is 0.682. The van der Waals surface area contributed by atoms with E-state index in [9.17, 15) is 4.79 Å². The van der Waals surface area contributed by atoms with E-state index >= 15 is 0 Å². The van der Waals surface area contributed by atoms with Crippen LogP contribution in [0.1, 0.15) is 23.7 Å². The zero-order chi connectivity index (χ0) is 14.3. The smallest absolute Gasteiger partial charge is 0.410 e. The number of fused-ring (bicyclic) bond motifs is 3. The number of hydrogen-bond donors (Lipinski definition) is 0. The first-order valence-electron chi connectivity index (χ1n) is 7.10. The lowest BCUT2D eigenvalue weighted by atomic mass is 10.0. The maximum atomic E-state index is 11.9. The molecule has 0 N–H and O–H groups in total. The molecule has 1 amide bonds. The molecule has 0 spiro atoms. The Kier molecular flexibility index (Phi) is 3.16. The summed E-state index contributed by atoms with van der Waals surface area (Å²) >= 11 is 0. The zero-order valence-electron chi connectivity index (χ0n) is 12.3. The quantitative estimate of drug-likeness (QED) is 0.799. The van der Waals surface area contributed by atoms with Gasteiger partial charge >= 0.3 is 6.09 Å². The van der Waals surface area contributed by atoms with Crippen molar-refractivity contribution in [3.63, 3.8) is 0 Å². The Hall–Kier alpha value is -1.97. The molecule has 106 valence electrons. The molecule has 1 aliphatic heterocycles. The number of amides is 1. The van der Waals surface area contributed by atoms with Crippen LogP contribution >= 0.6 is 0 Å². The van der Waals surface area contributed by atoms with Gasteiger partial charge in [-0.3, -0.25) is 0 Å². The van der Waals surface area contributed by atoms with Crippen LogP contribution in [-0.2, 0) is 24.8 Å². The predicted octanol–water partition coefficient (Wildman–Crippen LogP) is 3.00. The third-order valence-electron chi connectivity index (χ3n) is 4.09. The summed E-state index contributed by atoms with van der Waals surface area (Å²) in [4.78, 5) is 13.7. The highest BCUT2D eigenvalue weighted by Gasteiger charge is 2.26. The van der Waals surface area contributed by atoms with Gasteiger partial charge in [0.1, 0.15) is 0 Å². The number of hydrogen-bond acceptors (Lipinski definition) is 2. The van der Waals surface area contributed by atoms with E-state index in [1.807, 2.05) is 6.92 Å². The van der Waals surface area contributed by atoms with Gasteiger partial charge in [-0.15, -0.1) is 0 Å². The SMILES string of the molecule is CCOC(=O)N1CCc2c(c3cc(C)ccc3n2C)C1. The molecule has 1 aliphatic rings. The highest BCUT2D eigenvalue weighted by atomic mass is 16.6. The fourth-order valence-electron chi connectivity index (χ4n) is 3.06. The van der Waals surface area contributed by atoms with Crippen LogP contribution in [0.4, 0.5) is 4.79 Å². The lowest BCUT2D eigenvalue weighted by Gasteiger charge is -2.27. The summed E-state index contributed by atoms with van der Waals surface area (Å²) in [5.41, 5.74) is 5.10. The van der Waals surface area contributed by atoms with Crippen molar-refractivity contribution in [2.24, 2.45) is 7.05 Å². The number of benzene rings is 1. The molecule has 3 rings (SSSR count). The fraction of sp³-hybridized carbons (Fsp3) is 0.438. The summed E-state index contributed by atoms with van der Waals surface area (Å²) in [6.45, 7) is 5.75. The Balaban J connectivity index is 2.04. The van der Waals surface area contributed by atoms with Crippen LogP contribution in [0.2, 0.25) is 0 Å². The number of aryl methyl sites for hydroxylation is 2. The van der Waals surface area contributed by atoms with Crippen LogP contribution < -0.4 is 0 Å². The van der Waals surface area contributed by atoms with Gasteiger partial charge in [0, 0.05) is 42.2 Å². The number of carbonyl (C=O) groups excluding carboxylic acids is 1. The molecule has 1 aromatic carbocycles. The number of carbonyl (C=O) groups is 1. The first-order valence-corrected chi connectivity index (χ1v) is 7.10. The summed E-state index contributed by atoms with van der Waals surface area (Å²) in [6, 6.07) is 6.51. The second-order valence-corrected chi connectivity index (χ2v) is 5.38. The van der Waals surface area contributed by atoms with Gasteiger partial charge in [0.05, 0.1) is 13.2 Å². The van der Waals surface area contributed by atoms with Gasteiger partial charge in [-0.05, 0) is 26.0 Å². The normalized spacial score (nSPS) is 14.4. The Labute approximate surface area is 118 Å². The minimum Gasteiger partial charge on any atom is -0.450 e. The van der Waals surface area contributed by atoms with E-state index in [2.05, 4.69) is 36.7 Å². The molecule has 0 atom stereocenters. The van der Waals surface area contributed by atoms with Crippen LogP contribution in [0.5, 0.6) is 0 Å². The molecule has 0 bridgehead atoms. The summed E-state index contributed by atoms with van der Waals surface area (Å²) < 4.78 is 7.38. The van der Waals surface area contributed by atoms with Crippen LogP contribution in [-0.4, -0.2) is 28.7 Å². The average molecular weight is 272 g/mol. The Morgan fingerprint density at radius 1 is 1.40 bits per heavy atom.